The summed E-state index contributed by atoms with van der Waals surface area (Å²) >= 11 is 0. The molecule has 1 aromatic carbocycles. The maximum atomic E-state index is 12.5. The van der Waals surface area contributed by atoms with Crippen LogP contribution in [0.4, 0.5) is 5.69 Å². The van der Waals surface area contributed by atoms with Gasteiger partial charge in [0.05, 0.1) is 18.4 Å². The van der Waals surface area contributed by atoms with E-state index in [2.05, 4.69) is 0 Å². The zero-order valence-corrected chi connectivity index (χ0v) is 12.6. The van der Waals surface area contributed by atoms with E-state index in [1.54, 1.807) is 12.0 Å². The molecule has 1 aromatic rings. The number of carboxylic acid groups (broad SMARTS) is 1. The number of anilines is 1. The summed E-state index contributed by atoms with van der Waals surface area (Å²) in [6.45, 7) is 4.15. The predicted molar refractivity (Wildman–Crippen MR) is 79.5 cm³/mol. The molecule has 0 bridgehead atoms. The summed E-state index contributed by atoms with van der Waals surface area (Å²) in [4.78, 5) is 25.2. The quantitative estimate of drug-likeness (QED) is 0.904. The van der Waals surface area contributed by atoms with Gasteiger partial charge in [-0.05, 0) is 25.5 Å². The molecule has 0 aromatic heterocycles. The standard InChI is InChI=1S/C16H21NO4/c1-16(2,21-3)9-14(18)17-10-11(8-15(19)20)12-6-4-5-7-13(12)17/h4-7,11H,8-10H2,1-3H3,(H,19,20). The molecule has 1 atom stereocenters. The monoisotopic (exact) mass is 291 g/mol. The molecule has 5 nitrogen and oxygen atoms in total. The van der Waals surface area contributed by atoms with Crippen LogP contribution < -0.4 is 4.90 Å². The van der Waals surface area contributed by atoms with Crippen molar-refractivity contribution in [1.82, 2.24) is 0 Å². The van der Waals surface area contributed by atoms with Crippen molar-refractivity contribution in [2.75, 3.05) is 18.6 Å². The fraction of sp³-hybridized carbons (Fsp3) is 0.500. The summed E-state index contributed by atoms with van der Waals surface area (Å²) in [5, 5.41) is 9.03. The van der Waals surface area contributed by atoms with Crippen LogP contribution in [-0.2, 0) is 14.3 Å². The molecule has 1 heterocycles. The number of carboxylic acids is 1. The van der Waals surface area contributed by atoms with Gasteiger partial charge in [-0.3, -0.25) is 9.59 Å². The van der Waals surface area contributed by atoms with E-state index in [0.717, 1.165) is 11.3 Å². The molecular weight excluding hydrogens is 270 g/mol. The summed E-state index contributed by atoms with van der Waals surface area (Å²) < 4.78 is 5.31. The number of hydrogen-bond acceptors (Lipinski definition) is 3. The number of rotatable bonds is 5. The van der Waals surface area contributed by atoms with Gasteiger partial charge in [0.25, 0.3) is 0 Å². The maximum absolute atomic E-state index is 12.5. The van der Waals surface area contributed by atoms with Crippen LogP contribution in [0, 0.1) is 0 Å². The zero-order valence-electron chi connectivity index (χ0n) is 12.6. The lowest BCUT2D eigenvalue weighted by molar-refractivity contribution is -0.137. The first-order valence-corrected chi connectivity index (χ1v) is 7.00. The number of hydrogen-bond donors (Lipinski definition) is 1. The zero-order chi connectivity index (χ0) is 15.6. The third kappa shape index (κ3) is 3.42. The van der Waals surface area contributed by atoms with E-state index >= 15 is 0 Å². The first kappa shape index (κ1) is 15.5. The van der Waals surface area contributed by atoms with Crippen molar-refractivity contribution in [3.8, 4) is 0 Å². The molecule has 1 aliphatic rings. The smallest absolute Gasteiger partial charge is 0.304 e. The highest BCUT2D eigenvalue weighted by molar-refractivity contribution is 5.96. The van der Waals surface area contributed by atoms with Crippen LogP contribution in [-0.4, -0.2) is 36.2 Å². The Kier molecular flexibility index (Phi) is 4.32. The van der Waals surface area contributed by atoms with Gasteiger partial charge in [-0.2, -0.15) is 0 Å². The van der Waals surface area contributed by atoms with Gasteiger partial charge >= 0.3 is 5.97 Å². The fourth-order valence-corrected chi connectivity index (χ4v) is 2.65. The SMILES string of the molecule is COC(C)(C)CC(=O)N1CC(CC(=O)O)c2ccccc21. The summed E-state index contributed by atoms with van der Waals surface area (Å²) in [7, 11) is 1.58. The molecule has 0 saturated heterocycles. The van der Waals surface area contributed by atoms with Crippen molar-refractivity contribution in [3.05, 3.63) is 29.8 Å². The van der Waals surface area contributed by atoms with Crippen LogP contribution in [0.25, 0.3) is 0 Å². The van der Waals surface area contributed by atoms with Crippen molar-refractivity contribution < 1.29 is 19.4 Å². The minimum Gasteiger partial charge on any atom is -0.481 e. The Morgan fingerprint density at radius 1 is 1.38 bits per heavy atom. The van der Waals surface area contributed by atoms with Crippen molar-refractivity contribution in [1.29, 1.82) is 0 Å². The second-order valence-electron chi connectivity index (χ2n) is 6.00. The van der Waals surface area contributed by atoms with E-state index in [-0.39, 0.29) is 24.7 Å². The number of amides is 1. The summed E-state index contributed by atoms with van der Waals surface area (Å²) in [5.74, 6) is -1.03. The highest BCUT2D eigenvalue weighted by Gasteiger charge is 2.35. The largest absolute Gasteiger partial charge is 0.481 e. The van der Waals surface area contributed by atoms with Gasteiger partial charge in [-0.1, -0.05) is 18.2 Å². The molecule has 0 fully saturated rings. The van der Waals surface area contributed by atoms with E-state index in [4.69, 9.17) is 9.84 Å². The van der Waals surface area contributed by atoms with E-state index in [1.165, 1.54) is 0 Å². The number of para-hydroxylation sites is 1. The third-order valence-electron chi connectivity index (χ3n) is 3.92. The molecule has 0 spiro atoms. The Morgan fingerprint density at radius 3 is 2.67 bits per heavy atom. The maximum Gasteiger partial charge on any atom is 0.304 e. The number of benzene rings is 1. The molecular formula is C16H21NO4. The summed E-state index contributed by atoms with van der Waals surface area (Å²) in [6.07, 6.45) is 0.298. The van der Waals surface area contributed by atoms with Gasteiger partial charge in [0.2, 0.25) is 5.91 Å². The molecule has 0 saturated carbocycles. The predicted octanol–water partition coefficient (Wildman–Crippen LogP) is 2.41. The Morgan fingerprint density at radius 2 is 2.05 bits per heavy atom. The Labute approximate surface area is 124 Å². The lowest BCUT2D eigenvalue weighted by Gasteiger charge is -2.26. The molecule has 0 aliphatic carbocycles. The van der Waals surface area contributed by atoms with Crippen molar-refractivity contribution >= 4 is 17.6 Å². The Bertz CT molecular complexity index is 553. The third-order valence-corrected chi connectivity index (χ3v) is 3.92. The first-order chi connectivity index (χ1) is 9.84. The average molecular weight is 291 g/mol. The molecule has 1 aliphatic heterocycles. The van der Waals surface area contributed by atoms with Crippen LogP contribution in [0.1, 0.15) is 38.2 Å². The number of carbonyl (C=O) groups excluding carboxylic acids is 1. The molecule has 21 heavy (non-hydrogen) atoms. The van der Waals surface area contributed by atoms with Crippen LogP contribution in [0.2, 0.25) is 0 Å². The fourth-order valence-electron chi connectivity index (χ4n) is 2.65. The lowest BCUT2D eigenvalue weighted by Crippen LogP contribution is -2.37. The summed E-state index contributed by atoms with van der Waals surface area (Å²) in [5.41, 5.74) is 1.22. The highest BCUT2D eigenvalue weighted by Crippen LogP contribution is 2.38. The molecule has 2 rings (SSSR count). The average Bonchev–Trinajstić information content (AvgIpc) is 2.77. The number of nitrogens with zero attached hydrogens (tertiary/aromatic N) is 1. The van der Waals surface area contributed by atoms with Gasteiger partial charge in [-0.15, -0.1) is 0 Å². The molecule has 1 unspecified atom stereocenters. The Balaban J connectivity index is 2.22. The molecule has 1 N–H and O–H groups in total. The van der Waals surface area contributed by atoms with Gasteiger partial charge < -0.3 is 14.7 Å². The molecule has 5 heteroatoms. The van der Waals surface area contributed by atoms with Gasteiger partial charge in [0, 0.05) is 25.3 Å². The number of fused-ring (bicyclic) bond motifs is 1. The van der Waals surface area contributed by atoms with E-state index in [9.17, 15) is 9.59 Å². The second-order valence-corrected chi connectivity index (χ2v) is 6.00. The lowest BCUT2D eigenvalue weighted by atomic mass is 9.98. The van der Waals surface area contributed by atoms with Crippen molar-refractivity contribution in [3.63, 3.8) is 0 Å². The van der Waals surface area contributed by atoms with Gasteiger partial charge in [0.15, 0.2) is 0 Å². The van der Waals surface area contributed by atoms with Gasteiger partial charge in [0.1, 0.15) is 0 Å². The molecule has 0 radical (unpaired) electrons. The van der Waals surface area contributed by atoms with E-state index in [1.807, 2.05) is 38.1 Å². The normalized spacial score (nSPS) is 17.7. The second kappa shape index (κ2) is 5.85. The highest BCUT2D eigenvalue weighted by atomic mass is 16.5. The van der Waals surface area contributed by atoms with Crippen molar-refractivity contribution in [2.24, 2.45) is 0 Å². The van der Waals surface area contributed by atoms with Crippen molar-refractivity contribution in [2.45, 2.75) is 38.2 Å². The first-order valence-electron chi connectivity index (χ1n) is 7.00. The topological polar surface area (TPSA) is 66.8 Å². The number of methoxy groups -OCH3 is 1. The minimum absolute atomic E-state index is 0.0362. The number of carbonyl (C=O) groups is 2. The number of aliphatic carboxylic acids is 1. The minimum atomic E-state index is -0.846. The molecule has 1 amide bonds. The van der Waals surface area contributed by atoms with Crippen LogP contribution >= 0.6 is 0 Å². The van der Waals surface area contributed by atoms with Crippen LogP contribution in [0.3, 0.4) is 0 Å². The van der Waals surface area contributed by atoms with Crippen LogP contribution in [0.15, 0.2) is 24.3 Å². The number of ether oxygens (including phenoxy) is 1. The molecule has 114 valence electrons. The van der Waals surface area contributed by atoms with E-state index < -0.39 is 11.6 Å². The van der Waals surface area contributed by atoms with E-state index in [0.29, 0.717) is 6.54 Å². The van der Waals surface area contributed by atoms with Crippen LogP contribution in [0.5, 0.6) is 0 Å². The summed E-state index contributed by atoms with van der Waals surface area (Å²) in [6, 6.07) is 7.51. The van der Waals surface area contributed by atoms with Gasteiger partial charge in [-0.25, -0.2) is 0 Å². The Hall–Kier alpha value is -1.88.